The predicted octanol–water partition coefficient (Wildman–Crippen LogP) is 5.09. The fraction of sp³-hybridized carbons (Fsp3) is 0.375. The van der Waals surface area contributed by atoms with Crippen molar-refractivity contribution in [2.75, 3.05) is 5.75 Å². The Balaban J connectivity index is 1.57. The van der Waals surface area contributed by atoms with Gasteiger partial charge in [-0.15, -0.1) is 10.2 Å². The smallest absolute Gasteiger partial charge is 0.230 e. The van der Waals surface area contributed by atoms with Crippen LogP contribution in [0.1, 0.15) is 43.2 Å². The lowest BCUT2D eigenvalue weighted by Crippen LogP contribution is -2.37. The molecule has 0 aliphatic heterocycles. The van der Waals surface area contributed by atoms with Gasteiger partial charge in [0.15, 0.2) is 11.0 Å². The summed E-state index contributed by atoms with van der Waals surface area (Å²) in [5, 5.41) is 12.8. The second kappa shape index (κ2) is 9.47. The maximum atomic E-state index is 12.5. The second-order valence-electron chi connectivity index (χ2n) is 8.03. The predicted molar refractivity (Wildman–Crippen MR) is 122 cm³/mol. The zero-order chi connectivity index (χ0) is 20.9. The van der Waals surface area contributed by atoms with Gasteiger partial charge >= 0.3 is 0 Å². The Morgan fingerprint density at radius 2 is 1.60 bits per heavy atom. The normalized spacial score (nSPS) is 14.6. The molecule has 1 heterocycles. The average molecular weight is 421 g/mol. The molecule has 2 aromatic carbocycles. The molecule has 5 nitrogen and oxygen atoms in total. The molecule has 0 saturated heterocycles. The van der Waals surface area contributed by atoms with Crippen molar-refractivity contribution < 1.29 is 4.79 Å². The van der Waals surface area contributed by atoms with E-state index in [2.05, 4.69) is 77.9 Å². The maximum Gasteiger partial charge on any atom is 0.230 e. The fourth-order valence-electron chi connectivity index (χ4n) is 3.83. The van der Waals surface area contributed by atoms with Crippen LogP contribution in [-0.2, 0) is 4.79 Å². The van der Waals surface area contributed by atoms with Crippen LogP contribution >= 0.6 is 11.8 Å². The molecule has 30 heavy (non-hydrogen) atoms. The Morgan fingerprint density at radius 1 is 0.967 bits per heavy atom. The summed E-state index contributed by atoms with van der Waals surface area (Å²) in [5.41, 5.74) is 4.41. The molecule has 156 valence electrons. The summed E-state index contributed by atoms with van der Waals surface area (Å²) < 4.78 is 2.04. The molecular formula is C24H28N4OS. The van der Waals surface area contributed by atoms with Gasteiger partial charge < -0.3 is 5.32 Å². The molecule has 6 heteroatoms. The molecule has 1 amide bonds. The number of hydrogen-bond acceptors (Lipinski definition) is 4. The number of carbonyl (C=O) groups excluding carboxylic acids is 1. The lowest BCUT2D eigenvalue weighted by atomic mass is 9.95. The van der Waals surface area contributed by atoms with E-state index in [4.69, 9.17) is 0 Å². The first-order valence-electron chi connectivity index (χ1n) is 10.6. The highest BCUT2D eigenvalue weighted by Gasteiger charge is 2.19. The van der Waals surface area contributed by atoms with E-state index in [0.717, 1.165) is 35.1 Å². The maximum absolute atomic E-state index is 12.5. The standard InChI is InChI=1S/C24H28N4OS/c1-17-8-12-19(13-9-17)23-26-27-24(28(23)21-14-10-18(2)11-15-21)30-16-22(29)25-20-6-4-3-5-7-20/h8-15,20H,3-7,16H2,1-2H3,(H,25,29). The molecule has 4 rings (SSSR count). The molecule has 0 spiro atoms. The molecule has 1 fully saturated rings. The van der Waals surface area contributed by atoms with E-state index >= 15 is 0 Å². The minimum absolute atomic E-state index is 0.0715. The van der Waals surface area contributed by atoms with Gasteiger partial charge in [0.1, 0.15) is 0 Å². The summed E-state index contributed by atoms with van der Waals surface area (Å²) in [4.78, 5) is 12.5. The van der Waals surface area contributed by atoms with Crippen molar-refractivity contribution in [3.8, 4) is 17.1 Å². The van der Waals surface area contributed by atoms with Gasteiger partial charge in [-0.2, -0.15) is 0 Å². The first-order valence-corrected chi connectivity index (χ1v) is 11.6. The Kier molecular flexibility index (Phi) is 6.53. The molecule has 0 bridgehead atoms. The van der Waals surface area contributed by atoms with Gasteiger partial charge in [-0.05, 0) is 38.8 Å². The Bertz CT molecular complexity index is 989. The van der Waals surface area contributed by atoms with E-state index in [1.54, 1.807) is 0 Å². The largest absolute Gasteiger partial charge is 0.353 e. The van der Waals surface area contributed by atoms with Gasteiger partial charge in [0.25, 0.3) is 0 Å². The average Bonchev–Trinajstić information content (AvgIpc) is 3.18. The molecular weight excluding hydrogens is 392 g/mol. The number of benzene rings is 2. The van der Waals surface area contributed by atoms with E-state index in [1.807, 2.05) is 4.57 Å². The van der Waals surface area contributed by atoms with Crippen LogP contribution in [0.25, 0.3) is 17.1 Å². The van der Waals surface area contributed by atoms with E-state index < -0.39 is 0 Å². The van der Waals surface area contributed by atoms with Gasteiger partial charge in [0.2, 0.25) is 5.91 Å². The summed E-state index contributed by atoms with van der Waals surface area (Å²) >= 11 is 1.44. The lowest BCUT2D eigenvalue weighted by Gasteiger charge is -2.22. The topological polar surface area (TPSA) is 59.8 Å². The van der Waals surface area contributed by atoms with Crippen LogP contribution < -0.4 is 5.32 Å². The van der Waals surface area contributed by atoms with Crippen LogP contribution in [0.15, 0.2) is 53.7 Å². The quantitative estimate of drug-likeness (QED) is 0.564. The third-order valence-corrected chi connectivity index (χ3v) is 6.47. The first-order chi connectivity index (χ1) is 14.6. The zero-order valence-electron chi connectivity index (χ0n) is 17.6. The van der Waals surface area contributed by atoms with Crippen molar-refractivity contribution in [1.82, 2.24) is 20.1 Å². The van der Waals surface area contributed by atoms with Crippen molar-refractivity contribution in [2.45, 2.75) is 57.1 Å². The highest BCUT2D eigenvalue weighted by molar-refractivity contribution is 7.99. The van der Waals surface area contributed by atoms with Crippen molar-refractivity contribution >= 4 is 17.7 Å². The first kappa shape index (κ1) is 20.7. The lowest BCUT2D eigenvalue weighted by molar-refractivity contribution is -0.119. The molecule has 1 aliphatic rings. The summed E-state index contributed by atoms with van der Waals surface area (Å²) in [7, 11) is 0. The van der Waals surface area contributed by atoms with E-state index in [9.17, 15) is 4.79 Å². The highest BCUT2D eigenvalue weighted by atomic mass is 32.2. The Hall–Kier alpha value is -2.60. The summed E-state index contributed by atoms with van der Waals surface area (Å²) in [6.45, 7) is 4.14. The van der Waals surface area contributed by atoms with Crippen molar-refractivity contribution in [1.29, 1.82) is 0 Å². The molecule has 1 aromatic heterocycles. The second-order valence-corrected chi connectivity index (χ2v) is 8.98. The number of hydrogen-bond donors (Lipinski definition) is 1. The number of carbonyl (C=O) groups is 1. The van der Waals surface area contributed by atoms with Gasteiger partial charge in [-0.1, -0.05) is 78.5 Å². The van der Waals surface area contributed by atoms with Crippen LogP contribution in [0.3, 0.4) is 0 Å². The Morgan fingerprint density at radius 3 is 2.27 bits per heavy atom. The minimum Gasteiger partial charge on any atom is -0.353 e. The van der Waals surface area contributed by atoms with Gasteiger partial charge in [0, 0.05) is 17.3 Å². The van der Waals surface area contributed by atoms with Crippen molar-refractivity contribution in [3.05, 3.63) is 59.7 Å². The van der Waals surface area contributed by atoms with Crippen molar-refractivity contribution in [2.24, 2.45) is 0 Å². The number of aromatic nitrogens is 3. The summed E-state index contributed by atoms with van der Waals surface area (Å²) in [6.07, 6.45) is 5.88. The molecule has 3 aromatic rings. The fourth-order valence-corrected chi connectivity index (χ4v) is 4.59. The van der Waals surface area contributed by atoms with Gasteiger partial charge in [-0.25, -0.2) is 0 Å². The number of thioether (sulfide) groups is 1. The number of nitrogens with one attached hydrogen (secondary N) is 1. The minimum atomic E-state index is 0.0715. The number of rotatable bonds is 6. The highest BCUT2D eigenvalue weighted by Crippen LogP contribution is 2.28. The Labute approximate surface area is 182 Å². The molecule has 0 unspecified atom stereocenters. The summed E-state index contributed by atoms with van der Waals surface area (Å²) in [6, 6.07) is 16.9. The molecule has 1 aliphatic carbocycles. The van der Waals surface area contributed by atoms with E-state index in [0.29, 0.717) is 11.8 Å². The van der Waals surface area contributed by atoms with Gasteiger partial charge in [0.05, 0.1) is 5.75 Å². The van der Waals surface area contributed by atoms with Crippen LogP contribution in [0.2, 0.25) is 0 Å². The van der Waals surface area contributed by atoms with Gasteiger partial charge in [-0.3, -0.25) is 9.36 Å². The monoisotopic (exact) mass is 420 g/mol. The third-order valence-electron chi connectivity index (χ3n) is 5.54. The van der Waals surface area contributed by atoms with Crippen LogP contribution in [0, 0.1) is 13.8 Å². The number of aryl methyl sites for hydroxylation is 2. The molecule has 1 N–H and O–H groups in total. The van der Waals surface area contributed by atoms with Crippen LogP contribution in [-0.4, -0.2) is 32.5 Å². The third kappa shape index (κ3) is 4.93. The van der Waals surface area contributed by atoms with Crippen LogP contribution in [0.4, 0.5) is 0 Å². The SMILES string of the molecule is Cc1ccc(-c2nnc(SCC(=O)NC3CCCCC3)n2-c2ccc(C)cc2)cc1. The molecule has 1 saturated carbocycles. The van der Waals surface area contributed by atoms with Crippen molar-refractivity contribution in [3.63, 3.8) is 0 Å². The zero-order valence-corrected chi connectivity index (χ0v) is 18.4. The summed E-state index contributed by atoms with van der Waals surface area (Å²) in [5.74, 6) is 1.20. The number of nitrogens with zero attached hydrogens (tertiary/aromatic N) is 3. The number of amides is 1. The molecule has 0 radical (unpaired) electrons. The van der Waals surface area contributed by atoms with E-state index in [1.165, 1.54) is 42.2 Å². The molecule has 0 atom stereocenters. The van der Waals surface area contributed by atoms with Crippen LogP contribution in [0.5, 0.6) is 0 Å². The van der Waals surface area contributed by atoms with E-state index in [-0.39, 0.29) is 5.91 Å².